The van der Waals surface area contributed by atoms with Crippen LogP contribution in [-0.4, -0.2) is 57.8 Å². The summed E-state index contributed by atoms with van der Waals surface area (Å²) in [7, 11) is -4.99. The Morgan fingerprint density at radius 3 is 1.10 bits per heavy atom. The highest BCUT2D eigenvalue weighted by molar-refractivity contribution is 7.55. The molecular formula is C39H73O11P. The molecule has 3 N–H and O–H groups in total. The number of hydrogen-bond acceptors (Lipinski definition) is 10. The number of esters is 1. The Balaban J connectivity index is 4.86. The van der Waals surface area contributed by atoms with Crippen molar-refractivity contribution in [3.63, 3.8) is 0 Å². The first-order chi connectivity index (χ1) is 24.6. The lowest BCUT2D eigenvalue weighted by molar-refractivity contribution is -0.156. The number of aliphatic carboxylic acids is 1. The van der Waals surface area contributed by atoms with Gasteiger partial charge in [0.25, 0.3) is 5.85 Å². The van der Waals surface area contributed by atoms with Crippen molar-refractivity contribution in [2.75, 3.05) is 6.61 Å². The van der Waals surface area contributed by atoms with Crippen LogP contribution in [0, 0.1) is 0 Å². The molecule has 2 unspecified atom stereocenters. The first kappa shape index (κ1) is 49.0. The normalized spacial score (nSPS) is 12.7. The van der Waals surface area contributed by atoms with Gasteiger partial charge in [-0.05, 0) is 12.8 Å². The van der Waals surface area contributed by atoms with Crippen LogP contribution < -0.4 is 0 Å². The third-order valence-corrected chi connectivity index (χ3v) is 11.0. The number of carbonyl (C=O) groups is 4. The molecule has 0 aliphatic heterocycles. The van der Waals surface area contributed by atoms with Crippen LogP contribution in [0.1, 0.15) is 206 Å². The van der Waals surface area contributed by atoms with E-state index in [4.69, 9.17) is 18.9 Å². The summed E-state index contributed by atoms with van der Waals surface area (Å²) in [5.74, 6) is -6.56. The van der Waals surface area contributed by atoms with E-state index in [0.29, 0.717) is 12.8 Å². The fourth-order valence-corrected chi connectivity index (χ4v) is 7.68. The van der Waals surface area contributed by atoms with E-state index in [1.54, 1.807) is 0 Å². The number of unbranched alkanes of at least 4 members (excludes halogenated alkanes) is 24. The van der Waals surface area contributed by atoms with Crippen LogP contribution >= 0.6 is 7.60 Å². The molecule has 0 aliphatic carbocycles. The lowest BCUT2D eigenvalue weighted by Gasteiger charge is -2.28. The lowest BCUT2D eigenvalue weighted by Crippen LogP contribution is -2.36. The van der Waals surface area contributed by atoms with Gasteiger partial charge in [-0.25, -0.2) is 4.57 Å². The van der Waals surface area contributed by atoms with Gasteiger partial charge < -0.3 is 29.1 Å². The predicted molar refractivity (Wildman–Crippen MR) is 200 cm³/mol. The average Bonchev–Trinajstić information content (AvgIpc) is 3.09. The van der Waals surface area contributed by atoms with Crippen LogP contribution in [0.3, 0.4) is 0 Å². The Labute approximate surface area is 308 Å². The number of hydrogen-bond donors (Lipinski definition) is 3. The highest BCUT2D eigenvalue weighted by Gasteiger charge is 2.49. The van der Waals surface area contributed by atoms with Crippen LogP contribution in [0.25, 0.3) is 0 Å². The number of rotatable bonds is 37. The number of carbonyl (C=O) groups excluding carboxylic acids is 3. The van der Waals surface area contributed by atoms with E-state index < -0.39 is 62.9 Å². The number of carboxylic acids is 1. The molecule has 11 nitrogen and oxygen atoms in total. The molecule has 0 radical (unpaired) electrons. The predicted octanol–water partition coefficient (Wildman–Crippen LogP) is 10.3. The topological polar surface area (TPSA) is 174 Å². The summed E-state index contributed by atoms with van der Waals surface area (Å²) < 4.78 is 29.3. The molecule has 0 aromatic carbocycles. The number of carboxylic acid groups (broad SMARTS) is 1. The summed E-state index contributed by atoms with van der Waals surface area (Å²) in [6.07, 6.45) is 25.3. The number of aliphatic hydroxyl groups excluding tert-OH is 2. The molecule has 2 atom stereocenters. The summed E-state index contributed by atoms with van der Waals surface area (Å²) >= 11 is 0. The highest BCUT2D eigenvalue weighted by atomic mass is 31.2. The molecule has 51 heavy (non-hydrogen) atoms. The van der Waals surface area contributed by atoms with Gasteiger partial charge in [-0.3, -0.25) is 19.2 Å². The molecule has 0 aliphatic rings. The smallest absolute Gasteiger partial charge is 0.478 e. The summed E-state index contributed by atoms with van der Waals surface area (Å²) in [6, 6.07) is 0. The van der Waals surface area contributed by atoms with Gasteiger partial charge in [0.1, 0.15) is 6.10 Å². The van der Waals surface area contributed by atoms with E-state index in [0.717, 1.165) is 51.4 Å². The molecule has 0 heterocycles. The maximum atomic E-state index is 13.9. The summed E-state index contributed by atoms with van der Waals surface area (Å²) in [4.78, 5) is 48.8. The van der Waals surface area contributed by atoms with E-state index in [2.05, 4.69) is 13.8 Å². The second-order valence-corrected chi connectivity index (χ2v) is 15.9. The maximum Gasteiger partial charge on any atom is 0.478 e. The van der Waals surface area contributed by atoms with Crippen molar-refractivity contribution in [1.82, 2.24) is 0 Å². The zero-order chi connectivity index (χ0) is 38.0. The fourth-order valence-electron chi connectivity index (χ4n) is 5.92. The molecule has 0 saturated carbocycles. The molecule has 300 valence electrons. The van der Waals surface area contributed by atoms with Crippen LogP contribution in [0.2, 0.25) is 0 Å². The number of aliphatic hydroxyl groups is 2. The van der Waals surface area contributed by atoms with E-state index in [9.17, 15) is 34.0 Å². The van der Waals surface area contributed by atoms with E-state index in [1.165, 1.54) is 103 Å². The standard InChI is InChI=1S/C39H73O11P/c1-3-5-7-9-11-13-15-17-19-21-23-25-27-29-37(45)49-51(47,39(34(41)33-40)48-36(44)32-31-35(42)43)50-38(46)30-28-26-24-22-20-18-16-14-12-10-8-6-4-2/h34,39-41H,3-33H2,1-2H3,(H,42,43). The second-order valence-electron chi connectivity index (χ2n) is 14.0. The van der Waals surface area contributed by atoms with Gasteiger partial charge in [0, 0.05) is 12.8 Å². The van der Waals surface area contributed by atoms with Crippen molar-refractivity contribution in [1.29, 1.82) is 0 Å². The Bertz CT molecular complexity index is 894. The fraction of sp³-hybridized carbons (Fsp3) is 0.897. The van der Waals surface area contributed by atoms with Gasteiger partial charge in [-0.1, -0.05) is 168 Å². The molecule has 12 heteroatoms. The molecule has 0 fully saturated rings. The van der Waals surface area contributed by atoms with Crippen LogP contribution in [-0.2, 0) is 37.5 Å². The minimum absolute atomic E-state index is 0.132. The van der Waals surface area contributed by atoms with Crippen LogP contribution in [0.4, 0.5) is 0 Å². The van der Waals surface area contributed by atoms with E-state index in [-0.39, 0.29) is 12.8 Å². The molecule has 0 bridgehead atoms. The van der Waals surface area contributed by atoms with E-state index in [1.807, 2.05) is 0 Å². The average molecular weight is 749 g/mol. The van der Waals surface area contributed by atoms with E-state index >= 15 is 0 Å². The van der Waals surface area contributed by atoms with Gasteiger partial charge >= 0.3 is 31.5 Å². The van der Waals surface area contributed by atoms with Crippen molar-refractivity contribution < 1.29 is 52.8 Å². The molecule has 0 aromatic heterocycles. The summed E-state index contributed by atoms with van der Waals surface area (Å²) in [6.45, 7) is 3.38. The molecule has 0 saturated heterocycles. The highest BCUT2D eigenvalue weighted by Crippen LogP contribution is 2.55. The quantitative estimate of drug-likeness (QED) is 0.0313. The largest absolute Gasteiger partial charge is 0.481 e. The van der Waals surface area contributed by atoms with Crippen LogP contribution in [0.5, 0.6) is 0 Å². The third kappa shape index (κ3) is 29.2. The molecule has 0 amide bonds. The molecule has 0 rings (SSSR count). The zero-order valence-electron chi connectivity index (χ0n) is 32.1. The van der Waals surface area contributed by atoms with Crippen molar-refractivity contribution in [3.05, 3.63) is 0 Å². The Hall–Kier alpha value is -1.97. The monoisotopic (exact) mass is 748 g/mol. The first-order valence-electron chi connectivity index (χ1n) is 20.3. The minimum Gasteiger partial charge on any atom is -0.481 e. The van der Waals surface area contributed by atoms with Gasteiger partial charge in [0.2, 0.25) is 0 Å². The summed E-state index contributed by atoms with van der Waals surface area (Å²) in [5.41, 5.74) is 0. The lowest BCUT2D eigenvalue weighted by atomic mass is 10.0. The van der Waals surface area contributed by atoms with Crippen molar-refractivity contribution >= 4 is 31.5 Å². The van der Waals surface area contributed by atoms with Gasteiger partial charge in [-0.15, -0.1) is 0 Å². The molecule has 0 spiro atoms. The van der Waals surface area contributed by atoms with Gasteiger partial charge in [-0.2, -0.15) is 0 Å². The Kier molecular flexibility index (Phi) is 32.5. The van der Waals surface area contributed by atoms with Crippen molar-refractivity contribution in [3.8, 4) is 0 Å². The Morgan fingerprint density at radius 2 is 0.804 bits per heavy atom. The molecule has 0 aromatic rings. The SMILES string of the molecule is CCCCCCCCCCCCCCCC(=O)OP(=O)(OC(=O)CCCCCCCCCCCCCCC)C(OC(=O)CCC(=O)O)C(O)CO. The minimum atomic E-state index is -4.99. The Morgan fingerprint density at radius 1 is 0.490 bits per heavy atom. The second kappa shape index (κ2) is 33.8. The number of ether oxygens (including phenoxy) is 1. The first-order valence-corrected chi connectivity index (χ1v) is 22.0. The molecular weight excluding hydrogens is 675 g/mol. The maximum absolute atomic E-state index is 13.9. The van der Waals surface area contributed by atoms with Crippen molar-refractivity contribution in [2.45, 2.75) is 218 Å². The third-order valence-electron chi connectivity index (χ3n) is 9.05. The van der Waals surface area contributed by atoms with Crippen molar-refractivity contribution in [2.24, 2.45) is 0 Å². The van der Waals surface area contributed by atoms with Gasteiger partial charge in [0.05, 0.1) is 19.4 Å². The zero-order valence-corrected chi connectivity index (χ0v) is 33.0. The van der Waals surface area contributed by atoms with Gasteiger partial charge in [0.15, 0.2) is 0 Å². The summed E-state index contributed by atoms with van der Waals surface area (Å²) in [5, 5.41) is 28.9. The van der Waals surface area contributed by atoms with Crippen LogP contribution in [0.15, 0.2) is 0 Å².